The second-order valence-corrected chi connectivity index (χ2v) is 6.19. The maximum atomic E-state index is 13.5. The predicted molar refractivity (Wildman–Crippen MR) is 97.0 cm³/mol. The maximum Gasteiger partial charge on any atom is 0.233 e. The molecule has 0 aliphatic heterocycles. The SMILES string of the molecule is Cc1cc(C)c(NC(=O)CC(=O)NCCc2ccccc2F)c(C)c1. The Kier molecular flexibility index (Phi) is 6.28. The van der Waals surface area contributed by atoms with Crippen molar-refractivity contribution in [1.82, 2.24) is 5.32 Å². The molecule has 0 unspecified atom stereocenters. The molecule has 2 aromatic rings. The molecule has 4 nitrogen and oxygen atoms in total. The van der Waals surface area contributed by atoms with Crippen molar-refractivity contribution in [2.24, 2.45) is 0 Å². The van der Waals surface area contributed by atoms with Gasteiger partial charge in [-0.1, -0.05) is 35.9 Å². The van der Waals surface area contributed by atoms with Crippen molar-refractivity contribution >= 4 is 17.5 Å². The Bertz CT molecular complexity index is 764. The van der Waals surface area contributed by atoms with E-state index in [0.29, 0.717) is 12.0 Å². The Balaban J connectivity index is 1.83. The van der Waals surface area contributed by atoms with E-state index < -0.39 is 0 Å². The zero-order valence-electron chi connectivity index (χ0n) is 14.8. The summed E-state index contributed by atoms with van der Waals surface area (Å²) in [7, 11) is 0. The van der Waals surface area contributed by atoms with Gasteiger partial charge in [-0.2, -0.15) is 0 Å². The summed E-state index contributed by atoms with van der Waals surface area (Å²) in [5, 5.41) is 5.44. The minimum atomic E-state index is -0.378. The summed E-state index contributed by atoms with van der Waals surface area (Å²) in [6.07, 6.45) is 0.125. The molecule has 2 rings (SSSR count). The summed E-state index contributed by atoms with van der Waals surface area (Å²) >= 11 is 0. The molecule has 0 aliphatic rings. The van der Waals surface area contributed by atoms with E-state index in [0.717, 1.165) is 22.4 Å². The van der Waals surface area contributed by atoms with Crippen molar-refractivity contribution < 1.29 is 14.0 Å². The number of aryl methyl sites for hydroxylation is 3. The van der Waals surface area contributed by atoms with Gasteiger partial charge in [0.1, 0.15) is 12.2 Å². The van der Waals surface area contributed by atoms with Crippen LogP contribution in [0.4, 0.5) is 10.1 Å². The van der Waals surface area contributed by atoms with Crippen LogP contribution in [-0.4, -0.2) is 18.4 Å². The standard InChI is InChI=1S/C20H23FN2O2/c1-13-10-14(2)20(15(3)11-13)23-19(25)12-18(24)22-9-8-16-6-4-5-7-17(16)21/h4-7,10-11H,8-9,12H2,1-3H3,(H,22,24)(H,23,25). The van der Waals surface area contributed by atoms with E-state index in [1.54, 1.807) is 18.2 Å². The van der Waals surface area contributed by atoms with Gasteiger partial charge in [-0.15, -0.1) is 0 Å². The summed E-state index contributed by atoms with van der Waals surface area (Å²) in [4.78, 5) is 23.9. The van der Waals surface area contributed by atoms with Gasteiger partial charge in [0.15, 0.2) is 0 Å². The molecule has 2 N–H and O–H groups in total. The van der Waals surface area contributed by atoms with E-state index in [-0.39, 0.29) is 30.6 Å². The highest BCUT2D eigenvalue weighted by atomic mass is 19.1. The van der Waals surface area contributed by atoms with Crippen molar-refractivity contribution in [2.75, 3.05) is 11.9 Å². The predicted octanol–water partition coefficient (Wildman–Crippen LogP) is 3.44. The van der Waals surface area contributed by atoms with Crippen LogP contribution in [0.15, 0.2) is 36.4 Å². The van der Waals surface area contributed by atoms with E-state index in [1.807, 2.05) is 32.9 Å². The Morgan fingerprint density at radius 3 is 2.28 bits per heavy atom. The van der Waals surface area contributed by atoms with Gasteiger partial charge in [-0.3, -0.25) is 9.59 Å². The smallest absolute Gasteiger partial charge is 0.233 e. The first kappa shape index (κ1) is 18.6. The maximum absolute atomic E-state index is 13.5. The zero-order valence-corrected chi connectivity index (χ0v) is 14.8. The van der Waals surface area contributed by atoms with Crippen molar-refractivity contribution in [3.05, 3.63) is 64.5 Å². The van der Waals surface area contributed by atoms with E-state index >= 15 is 0 Å². The molecule has 0 spiro atoms. The molecule has 0 aliphatic carbocycles. The number of hydrogen-bond donors (Lipinski definition) is 2. The molecule has 5 heteroatoms. The summed E-state index contributed by atoms with van der Waals surface area (Å²) in [5.74, 6) is -1.03. The highest BCUT2D eigenvalue weighted by Gasteiger charge is 2.12. The number of benzene rings is 2. The van der Waals surface area contributed by atoms with Gasteiger partial charge in [0.25, 0.3) is 0 Å². The first-order valence-electron chi connectivity index (χ1n) is 8.24. The lowest BCUT2D eigenvalue weighted by Gasteiger charge is -2.13. The quantitative estimate of drug-likeness (QED) is 0.790. The number of halogens is 1. The molecule has 132 valence electrons. The molecule has 0 saturated carbocycles. The van der Waals surface area contributed by atoms with Crippen LogP contribution in [0.3, 0.4) is 0 Å². The van der Waals surface area contributed by atoms with Gasteiger partial charge in [0, 0.05) is 12.2 Å². The fraction of sp³-hybridized carbons (Fsp3) is 0.300. The molecule has 2 aromatic carbocycles. The van der Waals surface area contributed by atoms with Crippen LogP contribution in [0.1, 0.15) is 28.7 Å². The molecule has 2 amide bonds. The molecule has 0 saturated heterocycles. The second-order valence-electron chi connectivity index (χ2n) is 6.19. The van der Waals surface area contributed by atoms with Gasteiger partial charge in [0.05, 0.1) is 0 Å². The molecule has 0 heterocycles. The highest BCUT2D eigenvalue weighted by molar-refractivity contribution is 6.04. The number of carbonyl (C=O) groups excluding carboxylic acids is 2. The normalized spacial score (nSPS) is 10.4. The van der Waals surface area contributed by atoms with Gasteiger partial charge in [-0.25, -0.2) is 4.39 Å². The fourth-order valence-corrected chi connectivity index (χ4v) is 2.81. The number of carbonyl (C=O) groups is 2. The van der Waals surface area contributed by atoms with Crippen molar-refractivity contribution in [1.29, 1.82) is 0 Å². The van der Waals surface area contributed by atoms with E-state index in [2.05, 4.69) is 10.6 Å². The number of nitrogens with one attached hydrogen (secondary N) is 2. The van der Waals surface area contributed by atoms with Crippen LogP contribution < -0.4 is 10.6 Å². The third-order valence-corrected chi connectivity index (χ3v) is 3.94. The summed E-state index contributed by atoms with van der Waals surface area (Å²) in [5.41, 5.74) is 4.34. The largest absolute Gasteiger partial charge is 0.355 e. The Morgan fingerprint density at radius 1 is 1.00 bits per heavy atom. The van der Waals surface area contributed by atoms with E-state index in [1.165, 1.54) is 6.07 Å². The van der Waals surface area contributed by atoms with Crippen molar-refractivity contribution in [3.63, 3.8) is 0 Å². The van der Waals surface area contributed by atoms with Crippen LogP contribution in [0.25, 0.3) is 0 Å². The summed E-state index contributed by atoms with van der Waals surface area (Å²) in [6.45, 7) is 6.12. The highest BCUT2D eigenvalue weighted by Crippen LogP contribution is 2.21. The zero-order chi connectivity index (χ0) is 18.4. The van der Waals surface area contributed by atoms with E-state index in [4.69, 9.17) is 0 Å². The number of rotatable bonds is 6. The topological polar surface area (TPSA) is 58.2 Å². The van der Waals surface area contributed by atoms with E-state index in [9.17, 15) is 14.0 Å². The van der Waals surface area contributed by atoms with Crippen molar-refractivity contribution in [3.8, 4) is 0 Å². The van der Waals surface area contributed by atoms with Gasteiger partial charge in [0.2, 0.25) is 11.8 Å². The first-order valence-corrected chi connectivity index (χ1v) is 8.24. The summed E-state index contributed by atoms with van der Waals surface area (Å²) < 4.78 is 13.5. The second kappa shape index (κ2) is 8.42. The molecule has 0 fully saturated rings. The summed E-state index contributed by atoms with van der Waals surface area (Å²) in [6, 6.07) is 10.4. The molecule has 0 radical (unpaired) electrons. The third-order valence-electron chi connectivity index (χ3n) is 3.94. The van der Waals surface area contributed by atoms with Crippen LogP contribution in [0.2, 0.25) is 0 Å². The van der Waals surface area contributed by atoms with Gasteiger partial charge in [-0.05, 0) is 49.9 Å². The van der Waals surface area contributed by atoms with Gasteiger partial charge >= 0.3 is 0 Å². The number of hydrogen-bond acceptors (Lipinski definition) is 2. The minimum Gasteiger partial charge on any atom is -0.355 e. The average molecular weight is 342 g/mol. The first-order chi connectivity index (χ1) is 11.9. The minimum absolute atomic E-state index is 0.260. The Labute approximate surface area is 147 Å². The molecule has 0 aromatic heterocycles. The lowest BCUT2D eigenvalue weighted by molar-refractivity contribution is -0.126. The lowest BCUT2D eigenvalue weighted by Crippen LogP contribution is -2.30. The van der Waals surface area contributed by atoms with Crippen LogP contribution in [0, 0.1) is 26.6 Å². The van der Waals surface area contributed by atoms with Crippen LogP contribution in [0.5, 0.6) is 0 Å². The number of amides is 2. The monoisotopic (exact) mass is 342 g/mol. The Hall–Kier alpha value is -2.69. The van der Waals surface area contributed by atoms with Crippen LogP contribution >= 0.6 is 0 Å². The molecule has 25 heavy (non-hydrogen) atoms. The fourth-order valence-electron chi connectivity index (χ4n) is 2.81. The molecular formula is C20H23FN2O2. The average Bonchev–Trinajstić information content (AvgIpc) is 2.52. The number of anilines is 1. The Morgan fingerprint density at radius 2 is 1.64 bits per heavy atom. The molecule has 0 atom stereocenters. The lowest BCUT2D eigenvalue weighted by atomic mass is 10.0. The van der Waals surface area contributed by atoms with Gasteiger partial charge < -0.3 is 10.6 Å². The molecular weight excluding hydrogens is 319 g/mol. The molecule has 0 bridgehead atoms. The van der Waals surface area contributed by atoms with Crippen molar-refractivity contribution in [2.45, 2.75) is 33.6 Å². The third kappa shape index (κ3) is 5.41. The van der Waals surface area contributed by atoms with Crippen LogP contribution in [-0.2, 0) is 16.0 Å².